The summed E-state index contributed by atoms with van der Waals surface area (Å²) in [5.74, 6) is 0.579. The molecule has 2 aromatic carbocycles. The van der Waals surface area contributed by atoms with Crippen LogP contribution in [0.2, 0.25) is 0 Å². The summed E-state index contributed by atoms with van der Waals surface area (Å²) in [7, 11) is 0. The highest BCUT2D eigenvalue weighted by Gasteiger charge is 2.27. The number of fused-ring (bicyclic) bond motifs is 2. The summed E-state index contributed by atoms with van der Waals surface area (Å²) in [6, 6.07) is 12.3. The standard InChI is InChI=1S/C17H11NO3/c19-12-2-3-13-15(9-12)21-16(17(13)20)8-10-1-4-14-11(7-10)5-6-18-14/h1-9,18-19H/b16-8-. The Morgan fingerprint density at radius 2 is 2.00 bits per heavy atom. The van der Waals surface area contributed by atoms with Gasteiger partial charge in [0.25, 0.3) is 0 Å². The number of aromatic nitrogens is 1. The number of aromatic hydroxyl groups is 1. The number of benzene rings is 2. The maximum Gasteiger partial charge on any atom is 0.231 e. The van der Waals surface area contributed by atoms with E-state index in [1.165, 1.54) is 12.1 Å². The van der Waals surface area contributed by atoms with Crippen LogP contribution in [0.25, 0.3) is 17.0 Å². The number of nitrogens with one attached hydrogen (secondary N) is 1. The molecule has 4 rings (SSSR count). The Bertz CT molecular complexity index is 905. The molecule has 0 fully saturated rings. The van der Waals surface area contributed by atoms with Crippen LogP contribution in [0.5, 0.6) is 11.5 Å². The molecule has 0 bridgehead atoms. The van der Waals surface area contributed by atoms with Crippen molar-refractivity contribution in [3.8, 4) is 11.5 Å². The third kappa shape index (κ3) is 1.89. The average Bonchev–Trinajstić information content (AvgIpc) is 3.04. The Kier molecular flexibility index (Phi) is 2.38. The number of phenols is 1. The molecule has 0 radical (unpaired) electrons. The fourth-order valence-corrected chi connectivity index (χ4v) is 2.49. The van der Waals surface area contributed by atoms with Gasteiger partial charge in [0.1, 0.15) is 11.5 Å². The number of aromatic amines is 1. The van der Waals surface area contributed by atoms with E-state index in [0.717, 1.165) is 16.5 Å². The predicted molar refractivity (Wildman–Crippen MR) is 79.3 cm³/mol. The SMILES string of the molecule is O=C1/C(=C/c2ccc3[nH]ccc3c2)Oc2cc(O)ccc21. The lowest BCUT2D eigenvalue weighted by atomic mass is 10.1. The summed E-state index contributed by atoms with van der Waals surface area (Å²) in [4.78, 5) is 15.4. The number of hydrogen-bond acceptors (Lipinski definition) is 3. The maximum atomic E-state index is 12.2. The number of hydrogen-bond donors (Lipinski definition) is 2. The number of allylic oxidation sites excluding steroid dienone is 1. The zero-order valence-corrected chi connectivity index (χ0v) is 11.0. The van der Waals surface area contributed by atoms with E-state index in [2.05, 4.69) is 4.98 Å². The highest BCUT2D eigenvalue weighted by molar-refractivity contribution is 6.14. The van der Waals surface area contributed by atoms with Crippen LogP contribution in [0.15, 0.2) is 54.4 Å². The zero-order chi connectivity index (χ0) is 14.4. The Morgan fingerprint density at radius 1 is 1.10 bits per heavy atom. The van der Waals surface area contributed by atoms with Gasteiger partial charge in [-0.3, -0.25) is 4.79 Å². The van der Waals surface area contributed by atoms with E-state index in [4.69, 9.17) is 4.74 Å². The number of Topliss-reactive ketones (excluding diaryl/α,β-unsaturated/α-hetero) is 1. The minimum atomic E-state index is -0.167. The smallest absolute Gasteiger partial charge is 0.231 e. The third-order valence-electron chi connectivity index (χ3n) is 3.53. The normalized spacial score (nSPS) is 15.4. The van der Waals surface area contributed by atoms with E-state index in [0.29, 0.717) is 11.3 Å². The molecule has 0 saturated carbocycles. The average molecular weight is 277 g/mol. The highest BCUT2D eigenvalue weighted by atomic mass is 16.5. The van der Waals surface area contributed by atoms with Crippen LogP contribution in [0.1, 0.15) is 15.9 Å². The van der Waals surface area contributed by atoms with Gasteiger partial charge in [-0.15, -0.1) is 0 Å². The molecule has 2 heterocycles. The molecule has 0 atom stereocenters. The van der Waals surface area contributed by atoms with Crippen LogP contribution in [-0.2, 0) is 0 Å². The van der Waals surface area contributed by atoms with Gasteiger partial charge >= 0.3 is 0 Å². The zero-order valence-electron chi connectivity index (χ0n) is 11.0. The van der Waals surface area contributed by atoms with Crippen molar-refractivity contribution in [3.05, 3.63) is 65.5 Å². The Labute approximate surface area is 120 Å². The predicted octanol–water partition coefficient (Wildman–Crippen LogP) is 3.49. The van der Waals surface area contributed by atoms with Crippen molar-refractivity contribution in [1.82, 2.24) is 4.98 Å². The molecule has 0 saturated heterocycles. The fraction of sp³-hybridized carbons (Fsp3) is 0. The van der Waals surface area contributed by atoms with Crippen molar-refractivity contribution in [2.24, 2.45) is 0 Å². The molecule has 1 aliphatic rings. The van der Waals surface area contributed by atoms with Crippen LogP contribution in [0.4, 0.5) is 0 Å². The van der Waals surface area contributed by atoms with Crippen molar-refractivity contribution in [1.29, 1.82) is 0 Å². The number of H-pyrrole nitrogens is 1. The molecule has 4 nitrogen and oxygen atoms in total. The lowest BCUT2D eigenvalue weighted by Crippen LogP contribution is -1.97. The van der Waals surface area contributed by atoms with E-state index >= 15 is 0 Å². The van der Waals surface area contributed by atoms with E-state index in [9.17, 15) is 9.90 Å². The largest absolute Gasteiger partial charge is 0.508 e. The van der Waals surface area contributed by atoms with Crippen LogP contribution in [0.3, 0.4) is 0 Å². The van der Waals surface area contributed by atoms with E-state index in [1.807, 2.05) is 30.5 Å². The van der Waals surface area contributed by atoms with Crippen LogP contribution in [-0.4, -0.2) is 15.9 Å². The molecule has 0 spiro atoms. The molecule has 1 aliphatic heterocycles. The number of phenolic OH excluding ortho intramolecular Hbond substituents is 1. The fourth-order valence-electron chi connectivity index (χ4n) is 2.49. The van der Waals surface area contributed by atoms with E-state index < -0.39 is 0 Å². The van der Waals surface area contributed by atoms with Crippen LogP contribution >= 0.6 is 0 Å². The monoisotopic (exact) mass is 277 g/mol. The van der Waals surface area contributed by atoms with Crippen molar-refractivity contribution in [2.45, 2.75) is 0 Å². The maximum absolute atomic E-state index is 12.2. The van der Waals surface area contributed by atoms with Gasteiger partial charge in [0.2, 0.25) is 5.78 Å². The molecule has 21 heavy (non-hydrogen) atoms. The second-order valence-corrected chi connectivity index (χ2v) is 4.94. The number of ketones is 1. The summed E-state index contributed by atoms with van der Waals surface area (Å²) in [5.41, 5.74) is 2.41. The second kappa shape index (κ2) is 4.24. The summed E-state index contributed by atoms with van der Waals surface area (Å²) in [6.07, 6.45) is 3.59. The van der Waals surface area contributed by atoms with E-state index in [1.54, 1.807) is 12.1 Å². The van der Waals surface area contributed by atoms with Gasteiger partial charge in [-0.2, -0.15) is 0 Å². The van der Waals surface area contributed by atoms with Crippen molar-refractivity contribution in [2.75, 3.05) is 0 Å². The van der Waals surface area contributed by atoms with Gasteiger partial charge in [0.05, 0.1) is 5.56 Å². The lowest BCUT2D eigenvalue weighted by molar-refractivity contribution is 0.101. The van der Waals surface area contributed by atoms with Crippen molar-refractivity contribution in [3.63, 3.8) is 0 Å². The van der Waals surface area contributed by atoms with Crippen LogP contribution < -0.4 is 4.74 Å². The Hall–Kier alpha value is -3.01. The molecule has 102 valence electrons. The van der Waals surface area contributed by atoms with Crippen molar-refractivity contribution >= 4 is 22.8 Å². The van der Waals surface area contributed by atoms with Gasteiger partial charge in [0.15, 0.2) is 5.76 Å². The summed E-state index contributed by atoms with van der Waals surface area (Å²) < 4.78 is 5.54. The topological polar surface area (TPSA) is 62.3 Å². The second-order valence-electron chi connectivity index (χ2n) is 4.94. The highest BCUT2D eigenvalue weighted by Crippen LogP contribution is 2.34. The minimum Gasteiger partial charge on any atom is -0.508 e. The van der Waals surface area contributed by atoms with Gasteiger partial charge in [-0.25, -0.2) is 0 Å². The molecule has 0 amide bonds. The number of ether oxygens (including phenoxy) is 1. The molecular weight excluding hydrogens is 266 g/mol. The first-order valence-corrected chi connectivity index (χ1v) is 6.55. The quantitative estimate of drug-likeness (QED) is 0.669. The molecule has 2 N–H and O–H groups in total. The van der Waals surface area contributed by atoms with Gasteiger partial charge in [0, 0.05) is 17.8 Å². The summed E-state index contributed by atoms with van der Waals surface area (Å²) in [5, 5.41) is 10.5. The number of rotatable bonds is 1. The number of carbonyl (C=O) groups excluding carboxylic acids is 1. The van der Waals surface area contributed by atoms with E-state index in [-0.39, 0.29) is 17.3 Å². The van der Waals surface area contributed by atoms with Crippen LogP contribution in [0, 0.1) is 0 Å². The molecule has 3 aromatic rings. The first kappa shape index (κ1) is 11.8. The molecule has 1 aromatic heterocycles. The minimum absolute atomic E-state index is 0.0801. The molecule has 4 heteroatoms. The first-order chi connectivity index (χ1) is 10.2. The molecule has 0 aliphatic carbocycles. The number of carbonyl (C=O) groups is 1. The van der Waals surface area contributed by atoms with Crippen molar-refractivity contribution < 1.29 is 14.6 Å². The van der Waals surface area contributed by atoms with Gasteiger partial charge in [-0.1, -0.05) is 6.07 Å². The molecular formula is C17H11NO3. The van der Waals surface area contributed by atoms with Gasteiger partial charge in [-0.05, 0) is 47.4 Å². The Balaban J connectivity index is 1.75. The Morgan fingerprint density at radius 3 is 2.90 bits per heavy atom. The third-order valence-corrected chi connectivity index (χ3v) is 3.53. The summed E-state index contributed by atoms with van der Waals surface area (Å²) in [6.45, 7) is 0. The summed E-state index contributed by atoms with van der Waals surface area (Å²) >= 11 is 0. The van der Waals surface area contributed by atoms with Gasteiger partial charge < -0.3 is 14.8 Å². The molecule has 0 unspecified atom stereocenters. The lowest BCUT2D eigenvalue weighted by Gasteiger charge is -1.99. The first-order valence-electron chi connectivity index (χ1n) is 6.55.